The minimum absolute atomic E-state index is 0.142. The molecule has 1 atom stereocenters. The van der Waals surface area contributed by atoms with E-state index in [2.05, 4.69) is 16.9 Å². The van der Waals surface area contributed by atoms with Gasteiger partial charge in [-0.1, -0.05) is 26.2 Å². The zero-order chi connectivity index (χ0) is 15.4. The molecule has 1 saturated heterocycles. The summed E-state index contributed by atoms with van der Waals surface area (Å²) in [6.07, 6.45) is 11.3. The van der Waals surface area contributed by atoms with Crippen LogP contribution in [0.25, 0.3) is 0 Å². The number of carbonyl (C=O) groups excluding carboxylic acids is 1. The maximum atomic E-state index is 12.8. The molecule has 122 valence electrons. The van der Waals surface area contributed by atoms with Crippen molar-refractivity contribution >= 4 is 5.91 Å². The molecule has 1 amide bonds. The van der Waals surface area contributed by atoms with Gasteiger partial charge in [0.15, 0.2) is 0 Å². The van der Waals surface area contributed by atoms with Crippen LogP contribution < -0.4 is 0 Å². The monoisotopic (exact) mass is 304 g/mol. The van der Waals surface area contributed by atoms with Gasteiger partial charge in [0.1, 0.15) is 6.04 Å². The van der Waals surface area contributed by atoms with Crippen LogP contribution in [-0.2, 0) is 4.79 Å². The molecule has 3 rings (SSSR count). The van der Waals surface area contributed by atoms with Gasteiger partial charge in [0.2, 0.25) is 5.91 Å². The second-order valence-corrected chi connectivity index (χ2v) is 6.56. The molecule has 0 N–H and O–H groups in total. The molecule has 1 aliphatic carbocycles. The minimum Gasteiger partial charge on any atom is -0.338 e. The van der Waals surface area contributed by atoms with Gasteiger partial charge >= 0.3 is 0 Å². The van der Waals surface area contributed by atoms with Crippen molar-refractivity contribution in [3.8, 4) is 0 Å². The summed E-state index contributed by atoms with van der Waals surface area (Å²) in [6, 6.07) is 2.51. The van der Waals surface area contributed by atoms with E-state index < -0.39 is 0 Å². The topological polar surface area (TPSA) is 41.4 Å². The minimum atomic E-state index is -0.142. The summed E-state index contributed by atoms with van der Waals surface area (Å²) < 4.78 is 1.80. The van der Waals surface area contributed by atoms with Crippen molar-refractivity contribution in [2.45, 2.75) is 57.5 Å². The number of hydrogen-bond donors (Lipinski definition) is 0. The number of aromatic nitrogens is 2. The van der Waals surface area contributed by atoms with Gasteiger partial charge in [0, 0.05) is 44.6 Å². The van der Waals surface area contributed by atoms with Crippen molar-refractivity contribution in [2.75, 3.05) is 26.2 Å². The third-order valence-electron chi connectivity index (χ3n) is 5.23. The standard InChI is InChI=1S/C17H28N4O/c1-2-16(21-10-6-9-18-21)17(22)20-13-11-19(12-14-20)15-7-4-3-5-8-15/h6,9-10,15-16H,2-5,7-8,11-14H2,1H3. The van der Waals surface area contributed by atoms with E-state index in [1.165, 1.54) is 32.1 Å². The molecule has 0 spiro atoms. The molecule has 1 unspecified atom stereocenters. The molecule has 2 heterocycles. The lowest BCUT2D eigenvalue weighted by atomic mass is 9.94. The number of nitrogens with zero attached hydrogens (tertiary/aromatic N) is 4. The van der Waals surface area contributed by atoms with E-state index in [9.17, 15) is 4.79 Å². The van der Waals surface area contributed by atoms with E-state index in [0.29, 0.717) is 0 Å². The normalized spacial score (nSPS) is 22.7. The maximum absolute atomic E-state index is 12.8. The summed E-state index contributed by atoms with van der Waals surface area (Å²) in [5.74, 6) is 0.231. The Hall–Kier alpha value is -1.36. The van der Waals surface area contributed by atoms with Gasteiger partial charge in [-0.15, -0.1) is 0 Å². The molecule has 2 fully saturated rings. The van der Waals surface area contributed by atoms with Crippen molar-refractivity contribution in [1.29, 1.82) is 0 Å². The van der Waals surface area contributed by atoms with E-state index in [0.717, 1.165) is 38.6 Å². The van der Waals surface area contributed by atoms with E-state index in [4.69, 9.17) is 0 Å². The van der Waals surface area contributed by atoms with Gasteiger partial charge in [-0.25, -0.2) is 0 Å². The number of amides is 1. The number of hydrogen-bond acceptors (Lipinski definition) is 3. The first-order valence-corrected chi connectivity index (χ1v) is 8.81. The van der Waals surface area contributed by atoms with E-state index >= 15 is 0 Å². The molecule has 1 aliphatic heterocycles. The fraction of sp³-hybridized carbons (Fsp3) is 0.765. The Morgan fingerprint density at radius 2 is 1.91 bits per heavy atom. The zero-order valence-electron chi connectivity index (χ0n) is 13.7. The van der Waals surface area contributed by atoms with Crippen LogP contribution >= 0.6 is 0 Å². The number of carbonyl (C=O) groups is 1. The highest BCUT2D eigenvalue weighted by Gasteiger charge is 2.30. The lowest BCUT2D eigenvalue weighted by Gasteiger charge is -2.41. The molecule has 1 saturated carbocycles. The molecule has 1 aromatic heterocycles. The lowest BCUT2D eigenvalue weighted by molar-refractivity contribution is -0.137. The van der Waals surface area contributed by atoms with Crippen LogP contribution in [0.3, 0.4) is 0 Å². The summed E-state index contributed by atoms with van der Waals surface area (Å²) in [6.45, 7) is 5.86. The smallest absolute Gasteiger partial charge is 0.247 e. The van der Waals surface area contributed by atoms with Crippen molar-refractivity contribution in [3.05, 3.63) is 18.5 Å². The van der Waals surface area contributed by atoms with Crippen molar-refractivity contribution in [1.82, 2.24) is 19.6 Å². The van der Waals surface area contributed by atoms with Crippen LogP contribution in [0.15, 0.2) is 18.5 Å². The Kier molecular flexibility index (Phi) is 5.13. The fourth-order valence-corrected chi connectivity index (χ4v) is 3.90. The SMILES string of the molecule is CCC(C(=O)N1CCN(C2CCCCC2)CC1)n1cccn1. The second-order valence-electron chi connectivity index (χ2n) is 6.56. The third-order valence-corrected chi connectivity index (χ3v) is 5.23. The van der Waals surface area contributed by atoms with E-state index in [1.54, 1.807) is 10.9 Å². The molecular formula is C17H28N4O. The highest BCUT2D eigenvalue weighted by molar-refractivity contribution is 5.80. The summed E-state index contributed by atoms with van der Waals surface area (Å²) >= 11 is 0. The molecule has 5 nitrogen and oxygen atoms in total. The Labute approximate surface area is 133 Å². The lowest BCUT2D eigenvalue weighted by Crippen LogP contribution is -2.53. The van der Waals surface area contributed by atoms with Crippen molar-refractivity contribution < 1.29 is 4.79 Å². The van der Waals surface area contributed by atoms with Gasteiger partial charge in [-0.05, 0) is 25.3 Å². The first-order valence-electron chi connectivity index (χ1n) is 8.81. The maximum Gasteiger partial charge on any atom is 0.247 e. The second kappa shape index (κ2) is 7.27. The quantitative estimate of drug-likeness (QED) is 0.857. The van der Waals surface area contributed by atoms with Gasteiger partial charge < -0.3 is 4.90 Å². The summed E-state index contributed by atoms with van der Waals surface area (Å²) in [5, 5.41) is 4.25. The van der Waals surface area contributed by atoms with Crippen LogP contribution in [0.2, 0.25) is 0 Å². The van der Waals surface area contributed by atoms with Crippen LogP contribution in [0.4, 0.5) is 0 Å². The van der Waals surface area contributed by atoms with Crippen LogP contribution in [0, 0.1) is 0 Å². The predicted octanol–water partition coefficient (Wildman–Crippen LogP) is 2.31. The molecule has 1 aromatic rings. The van der Waals surface area contributed by atoms with Gasteiger partial charge in [0.05, 0.1) is 0 Å². The van der Waals surface area contributed by atoms with Crippen LogP contribution in [0.1, 0.15) is 51.5 Å². The predicted molar refractivity (Wildman–Crippen MR) is 86.6 cm³/mol. The largest absolute Gasteiger partial charge is 0.338 e. The molecule has 0 aromatic carbocycles. The molecular weight excluding hydrogens is 276 g/mol. The third kappa shape index (κ3) is 3.35. The van der Waals surface area contributed by atoms with Crippen molar-refractivity contribution in [3.63, 3.8) is 0 Å². The Morgan fingerprint density at radius 3 is 2.50 bits per heavy atom. The summed E-state index contributed by atoms with van der Waals surface area (Å²) in [7, 11) is 0. The Balaban J connectivity index is 1.55. The highest BCUT2D eigenvalue weighted by atomic mass is 16.2. The van der Waals surface area contributed by atoms with Crippen molar-refractivity contribution in [2.24, 2.45) is 0 Å². The van der Waals surface area contributed by atoms with Crippen LogP contribution in [0.5, 0.6) is 0 Å². The van der Waals surface area contributed by atoms with E-state index in [1.807, 2.05) is 17.2 Å². The van der Waals surface area contributed by atoms with Gasteiger partial charge in [-0.2, -0.15) is 5.10 Å². The Morgan fingerprint density at radius 1 is 1.18 bits per heavy atom. The fourth-order valence-electron chi connectivity index (χ4n) is 3.90. The zero-order valence-corrected chi connectivity index (χ0v) is 13.7. The molecule has 22 heavy (non-hydrogen) atoms. The Bertz CT molecular complexity index is 459. The summed E-state index contributed by atoms with van der Waals surface area (Å²) in [5.41, 5.74) is 0. The average molecular weight is 304 g/mol. The molecule has 2 aliphatic rings. The molecule has 0 bridgehead atoms. The average Bonchev–Trinajstić information content (AvgIpc) is 3.11. The van der Waals surface area contributed by atoms with E-state index in [-0.39, 0.29) is 11.9 Å². The first-order chi connectivity index (χ1) is 10.8. The van der Waals surface area contributed by atoms with Gasteiger partial charge in [0.25, 0.3) is 0 Å². The molecule has 5 heteroatoms. The molecule has 0 radical (unpaired) electrons. The highest BCUT2D eigenvalue weighted by Crippen LogP contribution is 2.24. The van der Waals surface area contributed by atoms with Gasteiger partial charge in [-0.3, -0.25) is 14.4 Å². The van der Waals surface area contributed by atoms with Crippen LogP contribution in [-0.4, -0.2) is 57.7 Å². The first kappa shape index (κ1) is 15.5. The number of rotatable bonds is 4. The summed E-state index contributed by atoms with van der Waals surface area (Å²) in [4.78, 5) is 17.4. The number of piperazine rings is 1.